The molecule has 3 heterocycles. The van der Waals surface area contributed by atoms with Gasteiger partial charge in [0.25, 0.3) is 11.8 Å². The van der Waals surface area contributed by atoms with Gasteiger partial charge in [-0.05, 0) is 24.0 Å². The van der Waals surface area contributed by atoms with Gasteiger partial charge in [-0.15, -0.1) is 0 Å². The van der Waals surface area contributed by atoms with Gasteiger partial charge in [0.2, 0.25) is 11.8 Å². The summed E-state index contributed by atoms with van der Waals surface area (Å²) in [6, 6.07) is 5.65. The number of amides is 3. The Bertz CT molecular complexity index is 1150. The molecular formula is C24H24ClF3N4O3. The lowest BCUT2D eigenvalue weighted by Crippen LogP contribution is -2.62. The fourth-order valence-corrected chi connectivity index (χ4v) is 4.54. The van der Waals surface area contributed by atoms with Crippen molar-refractivity contribution >= 4 is 35.1 Å². The summed E-state index contributed by atoms with van der Waals surface area (Å²) < 4.78 is 41.7. The van der Waals surface area contributed by atoms with Crippen LogP contribution < -0.4 is 4.90 Å². The number of halogens is 4. The molecule has 2 aliphatic rings. The molecule has 1 atom stereocenters. The number of piperazine rings is 1. The maximum absolute atomic E-state index is 14.5. The predicted octanol–water partition coefficient (Wildman–Crippen LogP) is 3.60. The molecule has 0 radical (unpaired) electrons. The third-order valence-corrected chi connectivity index (χ3v) is 6.56. The quantitative estimate of drug-likeness (QED) is 0.597. The molecule has 0 spiro atoms. The average Bonchev–Trinajstić information content (AvgIpc) is 2.74. The first-order chi connectivity index (χ1) is 16.4. The minimum atomic E-state index is -3.00. The van der Waals surface area contributed by atoms with Crippen LogP contribution in [0.3, 0.4) is 0 Å². The van der Waals surface area contributed by atoms with Gasteiger partial charge >= 0.3 is 0 Å². The Morgan fingerprint density at radius 3 is 2.43 bits per heavy atom. The van der Waals surface area contributed by atoms with Crippen LogP contribution in [0.5, 0.6) is 0 Å². The largest absolute Gasteiger partial charge is 0.342 e. The topological polar surface area (TPSA) is 73.8 Å². The zero-order valence-electron chi connectivity index (χ0n) is 19.2. The molecule has 1 unspecified atom stereocenters. The molecule has 2 aliphatic heterocycles. The van der Waals surface area contributed by atoms with Crippen molar-refractivity contribution in [3.63, 3.8) is 0 Å². The molecule has 0 aliphatic carbocycles. The van der Waals surface area contributed by atoms with Crippen molar-refractivity contribution in [3.8, 4) is 0 Å². The molecule has 1 aromatic carbocycles. The van der Waals surface area contributed by atoms with Crippen LogP contribution in [0.2, 0.25) is 5.02 Å². The molecule has 0 saturated carbocycles. The second-order valence-electron chi connectivity index (χ2n) is 9.03. The average molecular weight is 509 g/mol. The van der Waals surface area contributed by atoms with Crippen molar-refractivity contribution in [2.24, 2.45) is 5.92 Å². The summed E-state index contributed by atoms with van der Waals surface area (Å²) in [6.45, 7) is 2.77. The minimum Gasteiger partial charge on any atom is -0.342 e. The number of rotatable bonds is 6. The first-order valence-electron chi connectivity index (χ1n) is 11.1. The molecule has 4 rings (SSSR count). The standard InChI is InChI=1S/C24H24ClF3N4O3/c1-14(33)30-10-16(11-30)7-20-23(35)32(22-19(26)8-18(25)9-29-22)13-21(34)31(20)12-15-3-5-17(6-4-15)24(2,27)28/h3-6,8-9,16,20H,7,10-13H2,1-2H3. The van der Waals surface area contributed by atoms with Crippen molar-refractivity contribution < 1.29 is 27.6 Å². The molecule has 0 N–H and O–H groups in total. The maximum Gasteiger partial charge on any atom is 0.270 e. The number of benzene rings is 1. The van der Waals surface area contributed by atoms with Gasteiger partial charge in [0.1, 0.15) is 12.6 Å². The van der Waals surface area contributed by atoms with E-state index < -0.39 is 36.1 Å². The van der Waals surface area contributed by atoms with E-state index in [1.165, 1.54) is 42.3 Å². The molecule has 7 nitrogen and oxygen atoms in total. The van der Waals surface area contributed by atoms with Gasteiger partial charge in [0.05, 0.1) is 5.02 Å². The highest BCUT2D eigenvalue weighted by Gasteiger charge is 2.44. The van der Waals surface area contributed by atoms with E-state index in [9.17, 15) is 27.6 Å². The van der Waals surface area contributed by atoms with E-state index in [0.29, 0.717) is 18.7 Å². The summed E-state index contributed by atoms with van der Waals surface area (Å²) in [4.78, 5) is 46.2. The first kappa shape index (κ1) is 25.0. The van der Waals surface area contributed by atoms with Gasteiger partial charge in [-0.2, -0.15) is 0 Å². The van der Waals surface area contributed by atoms with Crippen molar-refractivity contribution in [2.75, 3.05) is 24.5 Å². The van der Waals surface area contributed by atoms with Gasteiger partial charge in [0.15, 0.2) is 11.6 Å². The zero-order valence-corrected chi connectivity index (χ0v) is 19.9. The molecule has 0 bridgehead atoms. The third kappa shape index (κ3) is 5.27. The summed E-state index contributed by atoms with van der Waals surface area (Å²) in [5.41, 5.74) is 0.417. The van der Waals surface area contributed by atoms with Crippen molar-refractivity contribution in [2.45, 2.75) is 38.8 Å². The highest BCUT2D eigenvalue weighted by atomic mass is 35.5. The van der Waals surface area contributed by atoms with E-state index in [1.54, 1.807) is 4.90 Å². The second kappa shape index (κ2) is 9.49. The number of likely N-dealkylation sites (tertiary alicyclic amines) is 1. The number of hydrogen-bond acceptors (Lipinski definition) is 4. The van der Waals surface area contributed by atoms with Crippen LogP contribution in [-0.2, 0) is 26.9 Å². The molecule has 3 amide bonds. The van der Waals surface area contributed by atoms with Crippen LogP contribution in [-0.4, -0.2) is 58.2 Å². The van der Waals surface area contributed by atoms with E-state index in [0.717, 1.165) is 17.9 Å². The SMILES string of the molecule is CC(=O)N1CC(CC2C(=O)N(c3ncc(Cl)cc3F)CC(=O)N2Cc2ccc(C(C)(F)F)cc2)C1. The van der Waals surface area contributed by atoms with Gasteiger partial charge in [0, 0.05) is 45.2 Å². The number of carbonyl (C=O) groups is 3. The van der Waals surface area contributed by atoms with Crippen LogP contribution in [0, 0.1) is 11.7 Å². The van der Waals surface area contributed by atoms with Crippen LogP contribution in [0.25, 0.3) is 0 Å². The van der Waals surface area contributed by atoms with Gasteiger partial charge in [-0.3, -0.25) is 19.3 Å². The number of anilines is 1. The van der Waals surface area contributed by atoms with Gasteiger partial charge in [-0.25, -0.2) is 18.2 Å². The molecule has 2 aromatic rings. The fourth-order valence-electron chi connectivity index (χ4n) is 4.39. The number of alkyl halides is 2. The van der Waals surface area contributed by atoms with E-state index in [-0.39, 0.29) is 41.2 Å². The number of pyridine rings is 1. The van der Waals surface area contributed by atoms with Gasteiger partial charge in [-0.1, -0.05) is 35.9 Å². The third-order valence-electron chi connectivity index (χ3n) is 6.36. The molecule has 35 heavy (non-hydrogen) atoms. The van der Waals surface area contributed by atoms with Crippen LogP contribution in [0.4, 0.5) is 19.0 Å². The lowest BCUT2D eigenvalue weighted by atomic mass is 9.89. The summed E-state index contributed by atoms with van der Waals surface area (Å²) in [6.07, 6.45) is 1.46. The molecular weight excluding hydrogens is 485 g/mol. The molecule has 186 valence electrons. The fraction of sp³-hybridized carbons (Fsp3) is 0.417. The lowest BCUT2D eigenvalue weighted by Gasteiger charge is -2.45. The Kier molecular flexibility index (Phi) is 6.77. The minimum absolute atomic E-state index is 0.0210. The summed E-state index contributed by atoms with van der Waals surface area (Å²) >= 11 is 5.78. The molecule has 11 heteroatoms. The first-order valence-corrected chi connectivity index (χ1v) is 11.5. The Morgan fingerprint density at radius 2 is 1.86 bits per heavy atom. The Labute approximate surface area is 205 Å². The van der Waals surface area contributed by atoms with E-state index >= 15 is 0 Å². The number of carbonyl (C=O) groups excluding carboxylic acids is 3. The van der Waals surface area contributed by atoms with Crippen LogP contribution >= 0.6 is 11.6 Å². The van der Waals surface area contributed by atoms with Crippen molar-refractivity contribution in [3.05, 3.63) is 58.5 Å². The number of aromatic nitrogens is 1. The maximum atomic E-state index is 14.5. The summed E-state index contributed by atoms with van der Waals surface area (Å²) in [5.74, 6) is -5.15. The van der Waals surface area contributed by atoms with E-state index in [2.05, 4.69) is 4.98 Å². The van der Waals surface area contributed by atoms with Gasteiger partial charge < -0.3 is 9.80 Å². The van der Waals surface area contributed by atoms with Crippen molar-refractivity contribution in [1.29, 1.82) is 0 Å². The number of nitrogens with zero attached hydrogens (tertiary/aromatic N) is 4. The van der Waals surface area contributed by atoms with Crippen LogP contribution in [0.15, 0.2) is 36.5 Å². The Hall–Kier alpha value is -3.14. The normalized spacial score (nSPS) is 19.3. The Morgan fingerprint density at radius 1 is 1.20 bits per heavy atom. The van der Waals surface area contributed by atoms with Crippen molar-refractivity contribution in [1.82, 2.24) is 14.8 Å². The monoisotopic (exact) mass is 508 g/mol. The zero-order chi connectivity index (χ0) is 25.5. The smallest absolute Gasteiger partial charge is 0.270 e. The Balaban J connectivity index is 1.59. The highest BCUT2D eigenvalue weighted by Crippen LogP contribution is 2.31. The van der Waals surface area contributed by atoms with E-state index in [4.69, 9.17) is 11.6 Å². The molecule has 2 fully saturated rings. The molecule has 1 aromatic heterocycles. The summed E-state index contributed by atoms with van der Waals surface area (Å²) in [7, 11) is 0. The summed E-state index contributed by atoms with van der Waals surface area (Å²) in [5, 5.41) is 0.0557. The number of hydrogen-bond donors (Lipinski definition) is 0. The van der Waals surface area contributed by atoms with E-state index in [1.807, 2.05) is 0 Å². The lowest BCUT2D eigenvalue weighted by molar-refractivity contribution is -0.146. The molecule has 2 saturated heterocycles. The highest BCUT2D eigenvalue weighted by molar-refractivity contribution is 6.30. The second-order valence-corrected chi connectivity index (χ2v) is 9.47. The predicted molar refractivity (Wildman–Crippen MR) is 122 cm³/mol. The van der Waals surface area contributed by atoms with Crippen LogP contribution in [0.1, 0.15) is 31.4 Å².